The number of ether oxygens (including phenoxy) is 2. The molecular weight excluding hydrogens is 532 g/mol. The maximum atomic E-state index is 16.2. The third-order valence-electron chi connectivity index (χ3n) is 7.39. The van der Waals surface area contributed by atoms with Crippen molar-refractivity contribution in [1.82, 2.24) is 13.9 Å². The van der Waals surface area contributed by atoms with E-state index in [1.165, 1.54) is 31.4 Å². The van der Waals surface area contributed by atoms with Crippen LogP contribution in [0.3, 0.4) is 0 Å². The van der Waals surface area contributed by atoms with E-state index in [1.54, 1.807) is 17.9 Å². The van der Waals surface area contributed by atoms with Gasteiger partial charge in [0.1, 0.15) is 28.8 Å². The molecule has 1 aromatic carbocycles. The predicted molar refractivity (Wildman–Crippen MR) is 139 cm³/mol. The molecule has 10 nitrogen and oxygen atoms in total. The van der Waals surface area contributed by atoms with Crippen LogP contribution in [0.15, 0.2) is 35.5 Å². The van der Waals surface area contributed by atoms with Crippen molar-refractivity contribution in [3.8, 4) is 5.75 Å². The number of hydrogen-bond donors (Lipinski definition) is 1. The highest BCUT2D eigenvalue weighted by Gasteiger charge is 2.36. The van der Waals surface area contributed by atoms with Crippen LogP contribution in [0.2, 0.25) is 0 Å². The molecule has 0 bridgehead atoms. The minimum absolute atomic E-state index is 0.0718. The first-order valence-corrected chi connectivity index (χ1v) is 14.3. The van der Waals surface area contributed by atoms with Crippen molar-refractivity contribution in [2.24, 2.45) is 5.73 Å². The van der Waals surface area contributed by atoms with Crippen molar-refractivity contribution >= 4 is 27.1 Å². The van der Waals surface area contributed by atoms with Crippen molar-refractivity contribution < 1.29 is 31.5 Å². The van der Waals surface area contributed by atoms with Gasteiger partial charge in [0, 0.05) is 44.7 Å². The van der Waals surface area contributed by atoms with E-state index in [4.69, 9.17) is 15.2 Å². The Morgan fingerprint density at radius 2 is 1.97 bits per heavy atom. The molecule has 13 heteroatoms. The molecule has 2 aliphatic rings. The molecule has 5 rings (SSSR count). The molecule has 1 atom stereocenters. The summed E-state index contributed by atoms with van der Waals surface area (Å²) >= 11 is 0. The number of fused-ring (bicyclic) bond motifs is 1. The van der Waals surface area contributed by atoms with Crippen LogP contribution in [-0.4, -0.2) is 67.7 Å². The Kier molecular flexibility index (Phi) is 7.49. The molecule has 3 aromatic rings. The van der Waals surface area contributed by atoms with Gasteiger partial charge in [0.05, 0.1) is 24.9 Å². The van der Waals surface area contributed by atoms with Crippen molar-refractivity contribution in [2.75, 3.05) is 38.3 Å². The number of hydrogen-bond acceptors (Lipinski definition) is 7. The lowest BCUT2D eigenvalue weighted by Crippen LogP contribution is -2.29. The Hall–Kier alpha value is -3.29. The number of primary amides is 1. The van der Waals surface area contributed by atoms with Gasteiger partial charge in [-0.3, -0.25) is 4.79 Å². The largest absolute Gasteiger partial charge is 0.490 e. The Morgan fingerprint density at radius 1 is 1.23 bits per heavy atom. The number of carbonyl (C=O) groups is 1. The van der Waals surface area contributed by atoms with Crippen LogP contribution in [0, 0.1) is 11.6 Å². The highest BCUT2D eigenvalue weighted by molar-refractivity contribution is 7.89. The summed E-state index contributed by atoms with van der Waals surface area (Å²) in [6, 6.07) is 5.40. The number of carbonyl (C=O) groups excluding carboxylic acids is 1. The van der Waals surface area contributed by atoms with Crippen molar-refractivity contribution in [3.05, 3.63) is 53.2 Å². The SMILES string of the molecule is CCN(C)S(=O)(=O)c1nn2ccc(N3CCCC3c3cc(F)ccc3OC3CCOCC3)c(F)c2c1C(N)=O. The number of pyridine rings is 1. The van der Waals surface area contributed by atoms with E-state index < -0.39 is 44.2 Å². The average Bonchev–Trinajstić information content (AvgIpc) is 3.56. The molecule has 1 unspecified atom stereocenters. The van der Waals surface area contributed by atoms with Crippen molar-refractivity contribution in [2.45, 2.75) is 49.8 Å². The van der Waals surface area contributed by atoms with Crippen LogP contribution in [-0.2, 0) is 14.8 Å². The molecule has 0 aliphatic carbocycles. The van der Waals surface area contributed by atoms with Gasteiger partial charge in [-0.2, -0.15) is 9.40 Å². The number of sulfonamides is 1. The number of benzene rings is 1. The van der Waals surface area contributed by atoms with Gasteiger partial charge in [-0.15, -0.1) is 0 Å². The summed E-state index contributed by atoms with van der Waals surface area (Å²) in [4.78, 5) is 14.2. The van der Waals surface area contributed by atoms with Gasteiger partial charge in [-0.25, -0.2) is 21.7 Å². The Bertz CT molecular complexity index is 1510. The molecule has 39 heavy (non-hydrogen) atoms. The standard InChI is InChI=1S/C26H31F2N5O5S/c1-3-31(2)39(35,36)26-22(25(29)34)24-23(28)20(8-12-33(24)30-26)32-11-4-5-19(32)18-15-16(27)6-7-21(18)38-17-9-13-37-14-10-17/h6-8,12,15,17,19H,3-5,9-11,13-14H2,1-2H3,(H2,29,34). The van der Waals surface area contributed by atoms with Crippen LogP contribution < -0.4 is 15.4 Å². The number of rotatable bonds is 8. The summed E-state index contributed by atoms with van der Waals surface area (Å²) in [7, 11) is -2.87. The van der Waals surface area contributed by atoms with Crippen LogP contribution in [0.4, 0.5) is 14.5 Å². The molecule has 2 aromatic heterocycles. The molecule has 2 fully saturated rings. The third-order valence-corrected chi connectivity index (χ3v) is 9.24. The van der Waals surface area contributed by atoms with E-state index in [0.29, 0.717) is 56.8 Å². The second kappa shape index (κ2) is 10.7. The van der Waals surface area contributed by atoms with Crippen LogP contribution in [0.5, 0.6) is 5.75 Å². The first kappa shape index (κ1) is 27.3. The molecule has 2 saturated heterocycles. The van der Waals surface area contributed by atoms with Gasteiger partial charge in [0.2, 0.25) is 5.03 Å². The number of nitrogens with zero attached hydrogens (tertiary/aromatic N) is 4. The van der Waals surface area contributed by atoms with Crippen molar-refractivity contribution in [3.63, 3.8) is 0 Å². The lowest BCUT2D eigenvalue weighted by Gasteiger charge is -2.30. The van der Waals surface area contributed by atoms with E-state index in [9.17, 15) is 17.6 Å². The minimum Gasteiger partial charge on any atom is -0.490 e. The van der Waals surface area contributed by atoms with Crippen LogP contribution >= 0.6 is 0 Å². The first-order chi connectivity index (χ1) is 18.6. The fourth-order valence-electron chi connectivity index (χ4n) is 5.25. The van der Waals surface area contributed by atoms with Crippen LogP contribution in [0.25, 0.3) is 5.52 Å². The van der Waals surface area contributed by atoms with Gasteiger partial charge in [0.15, 0.2) is 5.82 Å². The molecule has 4 heterocycles. The van der Waals surface area contributed by atoms with E-state index in [-0.39, 0.29) is 23.9 Å². The maximum Gasteiger partial charge on any atom is 0.262 e. The van der Waals surface area contributed by atoms with Gasteiger partial charge >= 0.3 is 0 Å². The maximum absolute atomic E-state index is 16.2. The lowest BCUT2D eigenvalue weighted by atomic mass is 10.0. The number of anilines is 1. The molecule has 0 spiro atoms. The summed E-state index contributed by atoms with van der Waals surface area (Å²) in [6.07, 6.45) is 4.06. The van der Waals surface area contributed by atoms with Gasteiger partial charge < -0.3 is 20.1 Å². The second-order valence-corrected chi connectivity index (χ2v) is 11.7. The zero-order valence-corrected chi connectivity index (χ0v) is 22.6. The zero-order valence-electron chi connectivity index (χ0n) is 21.8. The minimum atomic E-state index is -4.20. The smallest absolute Gasteiger partial charge is 0.262 e. The Labute approximate surface area is 225 Å². The van der Waals surface area contributed by atoms with Crippen LogP contribution in [0.1, 0.15) is 54.6 Å². The summed E-state index contributed by atoms with van der Waals surface area (Å²) in [5, 5.41) is 3.41. The normalized spacial score (nSPS) is 18.8. The highest BCUT2D eigenvalue weighted by atomic mass is 32.2. The van der Waals surface area contributed by atoms with Crippen molar-refractivity contribution in [1.29, 1.82) is 0 Å². The highest BCUT2D eigenvalue weighted by Crippen LogP contribution is 2.42. The van der Waals surface area contributed by atoms with E-state index in [1.807, 2.05) is 0 Å². The topological polar surface area (TPSA) is 119 Å². The Morgan fingerprint density at radius 3 is 2.67 bits per heavy atom. The summed E-state index contributed by atoms with van der Waals surface area (Å²) in [5.74, 6) is -1.86. The fourth-order valence-corrected chi connectivity index (χ4v) is 6.53. The molecule has 2 N–H and O–H groups in total. The third kappa shape index (κ3) is 4.94. The fraction of sp³-hybridized carbons (Fsp3) is 0.462. The van der Waals surface area contributed by atoms with E-state index in [0.717, 1.165) is 8.82 Å². The van der Waals surface area contributed by atoms with Gasteiger partial charge in [0.25, 0.3) is 15.9 Å². The van der Waals surface area contributed by atoms with Gasteiger partial charge in [-0.05, 0) is 37.1 Å². The first-order valence-electron chi connectivity index (χ1n) is 12.9. The second-order valence-electron chi connectivity index (χ2n) is 9.73. The average molecular weight is 564 g/mol. The number of nitrogens with two attached hydrogens (primary N) is 1. The molecule has 2 aliphatic heterocycles. The number of halogens is 2. The molecule has 0 radical (unpaired) electrons. The quantitative estimate of drug-likeness (QED) is 0.447. The van der Waals surface area contributed by atoms with E-state index in [2.05, 4.69) is 5.10 Å². The summed E-state index contributed by atoms with van der Waals surface area (Å²) in [6.45, 7) is 3.36. The number of amides is 1. The zero-order chi connectivity index (χ0) is 27.9. The summed E-state index contributed by atoms with van der Waals surface area (Å²) < 4.78 is 70.4. The molecule has 210 valence electrons. The Balaban J connectivity index is 1.59. The molecular formula is C26H31F2N5O5S. The summed E-state index contributed by atoms with van der Waals surface area (Å²) in [5.41, 5.74) is 5.43. The number of aromatic nitrogens is 2. The lowest BCUT2D eigenvalue weighted by molar-refractivity contribution is 0.0250. The van der Waals surface area contributed by atoms with E-state index >= 15 is 4.39 Å². The van der Waals surface area contributed by atoms with Gasteiger partial charge in [-0.1, -0.05) is 6.92 Å². The predicted octanol–water partition coefficient (Wildman–Crippen LogP) is 3.25. The molecule has 1 amide bonds. The monoisotopic (exact) mass is 563 g/mol. The molecule has 0 saturated carbocycles.